The summed E-state index contributed by atoms with van der Waals surface area (Å²) in [5, 5.41) is 29.1. The molecule has 1 aromatic rings. The van der Waals surface area contributed by atoms with Crippen molar-refractivity contribution in [3.05, 3.63) is 33.9 Å². The predicted molar refractivity (Wildman–Crippen MR) is 73.6 cm³/mol. The summed E-state index contributed by atoms with van der Waals surface area (Å²) in [5.41, 5.74) is 0.466. The van der Waals surface area contributed by atoms with Crippen molar-refractivity contribution in [2.24, 2.45) is 0 Å². The number of nitro groups is 1. The molecule has 7 heteroatoms. The van der Waals surface area contributed by atoms with Gasteiger partial charge in [-0.15, -0.1) is 0 Å². The molecule has 1 aliphatic heterocycles. The maximum atomic E-state index is 11.2. The molecule has 1 saturated heterocycles. The molecule has 1 aliphatic rings. The SMILES string of the molecule is N#Cc1cccc(N2CCN(CCO)CC2)c1[N+](=O)[O-]. The second kappa shape index (κ2) is 6.32. The second-order valence-corrected chi connectivity index (χ2v) is 4.59. The number of β-amino-alcohol motifs (C(OH)–C–C–N with tert-alkyl or cyclic N) is 1. The number of aliphatic hydroxyl groups excluding tert-OH is 1. The number of hydrogen-bond acceptors (Lipinski definition) is 6. The highest BCUT2D eigenvalue weighted by Gasteiger charge is 2.26. The molecule has 1 aromatic carbocycles. The normalized spacial score (nSPS) is 15.9. The molecular weight excluding hydrogens is 260 g/mol. The van der Waals surface area contributed by atoms with E-state index in [0.29, 0.717) is 25.3 Å². The molecule has 0 spiro atoms. The van der Waals surface area contributed by atoms with E-state index < -0.39 is 4.92 Å². The van der Waals surface area contributed by atoms with Gasteiger partial charge in [0.15, 0.2) is 0 Å². The molecule has 0 amide bonds. The number of nitro benzene ring substituents is 1. The fourth-order valence-corrected chi connectivity index (χ4v) is 2.42. The van der Waals surface area contributed by atoms with E-state index in [2.05, 4.69) is 4.90 Å². The molecule has 0 aliphatic carbocycles. The van der Waals surface area contributed by atoms with Crippen molar-refractivity contribution >= 4 is 11.4 Å². The first-order valence-corrected chi connectivity index (χ1v) is 6.43. The molecule has 0 radical (unpaired) electrons. The van der Waals surface area contributed by atoms with Gasteiger partial charge in [-0.1, -0.05) is 6.07 Å². The number of benzene rings is 1. The summed E-state index contributed by atoms with van der Waals surface area (Å²) in [6.45, 7) is 3.52. The van der Waals surface area contributed by atoms with Gasteiger partial charge in [0.2, 0.25) is 0 Å². The highest BCUT2D eigenvalue weighted by Crippen LogP contribution is 2.31. The van der Waals surface area contributed by atoms with Crippen molar-refractivity contribution in [3.63, 3.8) is 0 Å². The summed E-state index contributed by atoms with van der Waals surface area (Å²) in [6, 6.07) is 6.68. The van der Waals surface area contributed by atoms with Crippen LogP contribution in [0, 0.1) is 21.4 Å². The van der Waals surface area contributed by atoms with E-state index in [9.17, 15) is 10.1 Å². The minimum Gasteiger partial charge on any atom is -0.395 e. The molecule has 20 heavy (non-hydrogen) atoms. The van der Waals surface area contributed by atoms with Gasteiger partial charge in [-0.3, -0.25) is 15.0 Å². The van der Waals surface area contributed by atoms with Crippen molar-refractivity contribution in [2.45, 2.75) is 0 Å². The summed E-state index contributed by atoms with van der Waals surface area (Å²) in [5.74, 6) is 0. The Morgan fingerprint density at radius 1 is 1.35 bits per heavy atom. The van der Waals surface area contributed by atoms with E-state index in [1.807, 2.05) is 11.0 Å². The lowest BCUT2D eigenvalue weighted by Gasteiger charge is -2.35. The van der Waals surface area contributed by atoms with Crippen molar-refractivity contribution < 1.29 is 10.0 Å². The van der Waals surface area contributed by atoms with Crippen LogP contribution in [0.4, 0.5) is 11.4 Å². The van der Waals surface area contributed by atoms with E-state index in [4.69, 9.17) is 10.4 Å². The third kappa shape index (κ3) is 2.87. The maximum absolute atomic E-state index is 11.2. The lowest BCUT2D eigenvalue weighted by atomic mass is 10.1. The Bertz CT molecular complexity index is 533. The van der Waals surface area contributed by atoms with Gasteiger partial charge in [-0.25, -0.2) is 0 Å². The van der Waals surface area contributed by atoms with Gasteiger partial charge >= 0.3 is 5.69 Å². The van der Waals surface area contributed by atoms with Gasteiger partial charge in [0.05, 0.1) is 11.5 Å². The topological polar surface area (TPSA) is 93.6 Å². The number of anilines is 1. The van der Waals surface area contributed by atoms with Crippen molar-refractivity contribution in [2.75, 3.05) is 44.2 Å². The van der Waals surface area contributed by atoms with Crippen molar-refractivity contribution in [1.82, 2.24) is 4.90 Å². The van der Waals surface area contributed by atoms with Gasteiger partial charge < -0.3 is 10.0 Å². The average molecular weight is 276 g/mol. The number of piperazine rings is 1. The molecular formula is C13H16N4O3. The monoisotopic (exact) mass is 276 g/mol. The zero-order valence-electron chi connectivity index (χ0n) is 11.0. The smallest absolute Gasteiger partial charge is 0.310 e. The molecule has 1 heterocycles. The number of nitrogens with zero attached hydrogens (tertiary/aromatic N) is 4. The van der Waals surface area contributed by atoms with Gasteiger partial charge in [0, 0.05) is 32.7 Å². The number of para-hydroxylation sites is 1. The van der Waals surface area contributed by atoms with E-state index in [0.717, 1.165) is 13.1 Å². The van der Waals surface area contributed by atoms with Crippen LogP contribution in [-0.2, 0) is 0 Å². The first-order valence-electron chi connectivity index (χ1n) is 6.43. The highest BCUT2D eigenvalue weighted by atomic mass is 16.6. The zero-order valence-corrected chi connectivity index (χ0v) is 11.0. The van der Waals surface area contributed by atoms with Crippen LogP contribution in [0.2, 0.25) is 0 Å². The molecule has 106 valence electrons. The predicted octanol–water partition coefficient (Wildman–Crippen LogP) is 0.581. The third-order valence-corrected chi connectivity index (χ3v) is 3.45. The third-order valence-electron chi connectivity index (χ3n) is 3.45. The fraction of sp³-hybridized carbons (Fsp3) is 0.462. The second-order valence-electron chi connectivity index (χ2n) is 4.59. The highest BCUT2D eigenvalue weighted by molar-refractivity contribution is 5.70. The minimum absolute atomic E-state index is 0.0882. The van der Waals surface area contributed by atoms with Crippen LogP contribution >= 0.6 is 0 Å². The molecule has 0 atom stereocenters. The first-order chi connectivity index (χ1) is 9.67. The van der Waals surface area contributed by atoms with Gasteiger partial charge in [0.25, 0.3) is 0 Å². The fourth-order valence-electron chi connectivity index (χ4n) is 2.42. The quantitative estimate of drug-likeness (QED) is 0.638. The van der Waals surface area contributed by atoms with Crippen LogP contribution in [0.15, 0.2) is 18.2 Å². The van der Waals surface area contributed by atoms with Gasteiger partial charge in [0.1, 0.15) is 17.3 Å². The van der Waals surface area contributed by atoms with Crippen LogP contribution in [0.3, 0.4) is 0 Å². The van der Waals surface area contributed by atoms with E-state index >= 15 is 0 Å². The first kappa shape index (κ1) is 14.2. The summed E-state index contributed by atoms with van der Waals surface area (Å²) in [6.07, 6.45) is 0. The molecule has 7 nitrogen and oxygen atoms in total. The van der Waals surface area contributed by atoms with Crippen LogP contribution in [0.25, 0.3) is 0 Å². The van der Waals surface area contributed by atoms with E-state index in [1.165, 1.54) is 6.07 Å². The molecule has 0 saturated carbocycles. The number of hydrogen-bond donors (Lipinski definition) is 1. The number of aliphatic hydroxyl groups is 1. The molecule has 1 fully saturated rings. The standard InChI is InChI=1S/C13H16N4O3/c14-10-11-2-1-3-12(13(11)17(19)20)16-6-4-15(5-7-16)8-9-18/h1-3,18H,4-9H2. The van der Waals surface area contributed by atoms with Crippen LogP contribution in [0.1, 0.15) is 5.56 Å². The Kier molecular flexibility index (Phi) is 4.50. The molecule has 0 unspecified atom stereocenters. The lowest BCUT2D eigenvalue weighted by Crippen LogP contribution is -2.47. The summed E-state index contributed by atoms with van der Waals surface area (Å²) < 4.78 is 0. The minimum atomic E-state index is -0.492. The Hall–Kier alpha value is -2.17. The zero-order chi connectivity index (χ0) is 14.5. The van der Waals surface area contributed by atoms with Crippen molar-refractivity contribution in [3.8, 4) is 6.07 Å². The van der Waals surface area contributed by atoms with Crippen molar-refractivity contribution in [1.29, 1.82) is 5.26 Å². The molecule has 0 bridgehead atoms. The number of nitriles is 1. The van der Waals surface area contributed by atoms with E-state index in [-0.39, 0.29) is 17.9 Å². The molecule has 2 rings (SSSR count). The Morgan fingerprint density at radius 2 is 2.05 bits per heavy atom. The Labute approximate surface area is 116 Å². The summed E-state index contributed by atoms with van der Waals surface area (Å²) >= 11 is 0. The summed E-state index contributed by atoms with van der Waals surface area (Å²) in [4.78, 5) is 14.7. The van der Waals surface area contributed by atoms with Crippen LogP contribution in [0.5, 0.6) is 0 Å². The molecule has 0 aromatic heterocycles. The Morgan fingerprint density at radius 3 is 2.60 bits per heavy atom. The van der Waals surface area contributed by atoms with Gasteiger partial charge in [-0.05, 0) is 12.1 Å². The van der Waals surface area contributed by atoms with E-state index in [1.54, 1.807) is 12.1 Å². The average Bonchev–Trinajstić information content (AvgIpc) is 2.47. The van der Waals surface area contributed by atoms with Gasteiger partial charge in [-0.2, -0.15) is 5.26 Å². The lowest BCUT2D eigenvalue weighted by molar-refractivity contribution is -0.384. The molecule has 1 N–H and O–H groups in total. The summed E-state index contributed by atoms with van der Waals surface area (Å²) in [7, 11) is 0. The van der Waals surface area contributed by atoms with Crippen LogP contribution < -0.4 is 4.90 Å². The van der Waals surface area contributed by atoms with Crippen LogP contribution in [-0.4, -0.2) is 54.3 Å². The Balaban J connectivity index is 2.22. The largest absolute Gasteiger partial charge is 0.395 e. The number of rotatable bonds is 4. The maximum Gasteiger partial charge on any atom is 0.310 e.